The Kier molecular flexibility index (Phi) is 7.98. The van der Waals surface area contributed by atoms with Crippen molar-refractivity contribution in [3.8, 4) is 0 Å². The molecule has 190 valence electrons. The molecule has 0 aromatic rings. The van der Waals surface area contributed by atoms with Crippen LogP contribution in [0.4, 0.5) is 0 Å². The lowest BCUT2D eigenvalue weighted by Gasteiger charge is -2.60. The molecular formula is C27H47NO3S2. The predicted molar refractivity (Wildman–Crippen MR) is 139 cm³/mol. The SMILES string of the molecule is CC1(CCC2CCC3C4CCC5CCCCC5(C)C4CCC23C)SC1CCS(=O)O.NC=O. The van der Waals surface area contributed by atoms with Gasteiger partial charge in [0.25, 0.3) is 0 Å². The van der Waals surface area contributed by atoms with Crippen LogP contribution in [0.3, 0.4) is 0 Å². The topological polar surface area (TPSA) is 80.4 Å². The monoisotopic (exact) mass is 497 g/mol. The summed E-state index contributed by atoms with van der Waals surface area (Å²) in [6, 6.07) is 0. The maximum atomic E-state index is 11.0. The molecule has 5 fully saturated rings. The number of thioether (sulfide) groups is 1. The van der Waals surface area contributed by atoms with Gasteiger partial charge in [-0.2, -0.15) is 0 Å². The number of amides is 1. The Morgan fingerprint density at radius 1 is 0.970 bits per heavy atom. The van der Waals surface area contributed by atoms with Crippen molar-refractivity contribution < 1.29 is 13.6 Å². The van der Waals surface area contributed by atoms with Crippen LogP contribution in [0.25, 0.3) is 0 Å². The van der Waals surface area contributed by atoms with Gasteiger partial charge in [-0.1, -0.05) is 26.7 Å². The maximum Gasteiger partial charge on any atom is 0.204 e. The highest BCUT2D eigenvalue weighted by molar-refractivity contribution is 8.08. The molecule has 10 unspecified atom stereocenters. The molecule has 1 saturated heterocycles. The maximum absolute atomic E-state index is 11.0. The normalized spacial score (nSPS) is 49.0. The van der Waals surface area contributed by atoms with E-state index < -0.39 is 11.1 Å². The molecule has 6 heteroatoms. The summed E-state index contributed by atoms with van der Waals surface area (Å²) in [6.07, 6.45) is 18.9. The van der Waals surface area contributed by atoms with Crippen molar-refractivity contribution in [2.24, 2.45) is 46.2 Å². The van der Waals surface area contributed by atoms with Crippen LogP contribution in [0, 0.1) is 40.4 Å². The number of primary amides is 1. The molecule has 0 aromatic heterocycles. The Morgan fingerprint density at radius 2 is 1.70 bits per heavy atom. The van der Waals surface area contributed by atoms with Crippen molar-refractivity contribution in [2.75, 3.05) is 5.75 Å². The van der Waals surface area contributed by atoms with E-state index in [0.717, 1.165) is 36.0 Å². The summed E-state index contributed by atoms with van der Waals surface area (Å²) in [6.45, 7) is 7.81. The third kappa shape index (κ3) is 4.96. The van der Waals surface area contributed by atoms with Crippen LogP contribution in [0.15, 0.2) is 0 Å². The standard InChI is InChI=1S/C26H44O2S2.CH3NO/c1-24-14-5-4-6-18(24)7-9-20-21-10-8-19(25(21,2)15-12-22(20)24)11-16-26(3)23(29-26)13-17-30(27)28;2-1-3/h18-23H,4-17H2,1-3H3,(H,27,28);1H,(H2,2,3). The van der Waals surface area contributed by atoms with Crippen molar-refractivity contribution in [2.45, 2.75) is 114 Å². The van der Waals surface area contributed by atoms with Gasteiger partial charge in [0.05, 0.1) is 5.75 Å². The largest absolute Gasteiger partial charge is 0.372 e. The summed E-state index contributed by atoms with van der Waals surface area (Å²) in [4.78, 5) is 8.58. The minimum absolute atomic E-state index is 0.250. The summed E-state index contributed by atoms with van der Waals surface area (Å²) in [5.74, 6) is 5.45. The average molecular weight is 498 g/mol. The third-order valence-corrected chi connectivity index (χ3v) is 13.8. The first kappa shape index (κ1) is 26.0. The molecule has 4 saturated carbocycles. The van der Waals surface area contributed by atoms with Gasteiger partial charge in [0.1, 0.15) is 0 Å². The summed E-state index contributed by atoms with van der Waals surface area (Å²) in [7, 11) is 0. The number of nitrogens with two attached hydrogens (primary N) is 1. The third-order valence-electron chi connectivity index (χ3n) is 11.4. The fourth-order valence-corrected chi connectivity index (χ4v) is 11.3. The van der Waals surface area contributed by atoms with E-state index >= 15 is 0 Å². The van der Waals surface area contributed by atoms with Gasteiger partial charge in [-0.15, -0.1) is 11.8 Å². The zero-order valence-corrected chi connectivity index (χ0v) is 22.7. The van der Waals surface area contributed by atoms with Gasteiger partial charge >= 0.3 is 0 Å². The summed E-state index contributed by atoms with van der Waals surface area (Å²) in [5.41, 5.74) is 5.43. The van der Waals surface area contributed by atoms with Crippen LogP contribution >= 0.6 is 11.8 Å². The zero-order valence-electron chi connectivity index (χ0n) is 21.1. The molecule has 3 N–H and O–H groups in total. The van der Waals surface area contributed by atoms with E-state index in [1.54, 1.807) is 0 Å². The predicted octanol–water partition coefficient (Wildman–Crippen LogP) is 6.40. The van der Waals surface area contributed by atoms with Crippen LogP contribution in [-0.4, -0.2) is 30.9 Å². The van der Waals surface area contributed by atoms with E-state index in [4.69, 9.17) is 9.35 Å². The highest BCUT2D eigenvalue weighted by Gasteiger charge is 2.60. The minimum atomic E-state index is -1.62. The van der Waals surface area contributed by atoms with Gasteiger partial charge in [0.15, 0.2) is 11.1 Å². The number of rotatable bonds is 6. The number of carbonyl (C=O) groups excluding carboxylic acids is 1. The lowest BCUT2D eigenvalue weighted by Crippen LogP contribution is -2.52. The van der Waals surface area contributed by atoms with E-state index in [1.165, 1.54) is 77.0 Å². The van der Waals surface area contributed by atoms with E-state index in [1.807, 2.05) is 0 Å². The molecule has 5 aliphatic rings. The summed E-state index contributed by atoms with van der Waals surface area (Å²) in [5, 5.41) is 0.621. The lowest BCUT2D eigenvalue weighted by atomic mass is 9.45. The summed E-state index contributed by atoms with van der Waals surface area (Å²) >= 11 is 0.455. The Balaban J connectivity index is 0.000000821. The second-order valence-electron chi connectivity index (χ2n) is 12.6. The number of carbonyl (C=O) groups is 1. The van der Waals surface area contributed by atoms with Crippen molar-refractivity contribution in [3.63, 3.8) is 0 Å². The molecule has 0 radical (unpaired) electrons. The fourth-order valence-electron chi connectivity index (χ4n) is 9.42. The number of hydrogen-bond acceptors (Lipinski definition) is 3. The molecule has 33 heavy (non-hydrogen) atoms. The van der Waals surface area contributed by atoms with Crippen LogP contribution in [0.2, 0.25) is 0 Å². The molecular weight excluding hydrogens is 450 g/mol. The number of hydrogen-bond donors (Lipinski definition) is 2. The Bertz CT molecular complexity index is 734. The molecule has 0 bridgehead atoms. The second-order valence-corrected chi connectivity index (χ2v) is 15.4. The molecule has 10 atom stereocenters. The first-order valence-corrected chi connectivity index (χ1v) is 15.7. The first-order valence-electron chi connectivity index (χ1n) is 13.6. The van der Waals surface area contributed by atoms with Gasteiger partial charge in [-0.3, -0.25) is 4.79 Å². The Morgan fingerprint density at radius 3 is 2.42 bits per heavy atom. The fraction of sp³-hybridized carbons (Fsp3) is 0.963. The quantitative estimate of drug-likeness (QED) is 0.253. The van der Waals surface area contributed by atoms with Crippen molar-refractivity contribution in [1.29, 1.82) is 0 Å². The van der Waals surface area contributed by atoms with Crippen molar-refractivity contribution >= 4 is 29.3 Å². The second kappa shape index (κ2) is 10.1. The molecule has 4 nitrogen and oxygen atoms in total. The average Bonchev–Trinajstić information content (AvgIpc) is 3.29. The first-order chi connectivity index (χ1) is 15.7. The van der Waals surface area contributed by atoms with Crippen LogP contribution in [-0.2, 0) is 15.9 Å². The number of fused-ring (bicyclic) bond motifs is 5. The van der Waals surface area contributed by atoms with E-state index in [0.29, 0.717) is 26.6 Å². The van der Waals surface area contributed by atoms with Crippen molar-refractivity contribution in [1.82, 2.24) is 0 Å². The highest BCUT2D eigenvalue weighted by atomic mass is 32.2. The van der Waals surface area contributed by atoms with Crippen molar-refractivity contribution in [3.05, 3.63) is 0 Å². The zero-order chi connectivity index (χ0) is 23.9. The smallest absolute Gasteiger partial charge is 0.204 e. The van der Waals surface area contributed by atoms with Gasteiger partial charge in [-0.05, 0) is 118 Å². The Hall–Kier alpha value is -0.0700. The van der Waals surface area contributed by atoms with Gasteiger partial charge in [-0.25, -0.2) is 4.21 Å². The molecule has 1 amide bonds. The van der Waals surface area contributed by atoms with Crippen LogP contribution in [0.1, 0.15) is 104 Å². The van der Waals surface area contributed by atoms with Crippen LogP contribution in [0.5, 0.6) is 0 Å². The highest BCUT2D eigenvalue weighted by Crippen LogP contribution is 2.68. The van der Waals surface area contributed by atoms with E-state index in [9.17, 15) is 4.21 Å². The molecule has 0 spiro atoms. The Labute approximate surface area is 208 Å². The van der Waals surface area contributed by atoms with E-state index in [-0.39, 0.29) is 6.41 Å². The molecule has 0 aromatic carbocycles. The molecule has 1 heterocycles. The lowest BCUT2D eigenvalue weighted by molar-refractivity contribution is -0.111. The summed E-state index contributed by atoms with van der Waals surface area (Å²) < 4.78 is 20.5. The molecule has 5 rings (SSSR count). The van der Waals surface area contributed by atoms with Gasteiger partial charge in [0, 0.05) is 10.00 Å². The molecule has 1 aliphatic heterocycles. The van der Waals surface area contributed by atoms with Gasteiger partial charge < -0.3 is 10.3 Å². The minimum Gasteiger partial charge on any atom is -0.372 e. The van der Waals surface area contributed by atoms with Crippen LogP contribution < -0.4 is 5.73 Å². The van der Waals surface area contributed by atoms with E-state index in [2.05, 4.69) is 38.3 Å². The molecule has 4 aliphatic carbocycles. The van der Waals surface area contributed by atoms with Gasteiger partial charge in [0.2, 0.25) is 6.41 Å².